The molecule has 0 heterocycles. The second kappa shape index (κ2) is 5.60. The predicted molar refractivity (Wildman–Crippen MR) is 56.7 cm³/mol. The van der Waals surface area contributed by atoms with Gasteiger partial charge in [-0.05, 0) is 26.8 Å². The van der Waals surface area contributed by atoms with E-state index in [-0.39, 0.29) is 17.0 Å². The van der Waals surface area contributed by atoms with Crippen LogP contribution in [0.5, 0.6) is 0 Å². The van der Waals surface area contributed by atoms with E-state index in [0.717, 1.165) is 13.0 Å². The molecule has 0 spiro atoms. The Kier molecular flexibility index (Phi) is 5.56. The third-order valence-corrected chi connectivity index (χ3v) is 4.74. The lowest BCUT2D eigenvalue weighted by Crippen LogP contribution is -2.41. The monoisotopic (exact) mass is 207 g/mol. The zero-order valence-electron chi connectivity index (χ0n) is 9.00. The van der Waals surface area contributed by atoms with Crippen LogP contribution in [-0.2, 0) is 9.84 Å². The van der Waals surface area contributed by atoms with Crippen molar-refractivity contribution in [3.05, 3.63) is 0 Å². The molecule has 0 aliphatic rings. The molecular weight excluding hydrogens is 186 g/mol. The molecule has 4 heteroatoms. The van der Waals surface area contributed by atoms with E-state index in [2.05, 4.69) is 12.2 Å². The lowest BCUT2D eigenvalue weighted by molar-refractivity contribution is 0.510. The largest absolute Gasteiger partial charge is 0.313 e. The molecule has 0 saturated carbocycles. The summed E-state index contributed by atoms with van der Waals surface area (Å²) in [7, 11) is -2.89. The molecule has 0 bridgehead atoms. The summed E-state index contributed by atoms with van der Waals surface area (Å²) in [4.78, 5) is 0. The van der Waals surface area contributed by atoms with E-state index in [9.17, 15) is 8.42 Å². The summed E-state index contributed by atoms with van der Waals surface area (Å²) in [5.41, 5.74) is 0. The van der Waals surface area contributed by atoms with Crippen molar-refractivity contribution in [3.63, 3.8) is 0 Å². The van der Waals surface area contributed by atoms with Crippen LogP contribution >= 0.6 is 0 Å². The Morgan fingerprint density at radius 1 is 1.23 bits per heavy atom. The minimum atomic E-state index is -2.89. The second-order valence-corrected chi connectivity index (χ2v) is 6.05. The molecule has 0 amide bonds. The van der Waals surface area contributed by atoms with E-state index in [1.165, 1.54) is 0 Å². The van der Waals surface area contributed by atoms with E-state index in [0.29, 0.717) is 0 Å². The Balaban J connectivity index is 4.17. The molecule has 0 aliphatic carbocycles. The molecule has 80 valence electrons. The number of rotatable bonds is 6. The summed E-state index contributed by atoms with van der Waals surface area (Å²) >= 11 is 0. The first-order valence-electron chi connectivity index (χ1n) is 4.90. The van der Waals surface area contributed by atoms with Gasteiger partial charge < -0.3 is 5.32 Å². The van der Waals surface area contributed by atoms with Crippen LogP contribution in [0.3, 0.4) is 0 Å². The van der Waals surface area contributed by atoms with Crippen molar-refractivity contribution in [1.82, 2.24) is 5.32 Å². The van der Waals surface area contributed by atoms with Crippen LogP contribution in [0.2, 0.25) is 0 Å². The van der Waals surface area contributed by atoms with Crippen molar-refractivity contribution in [1.29, 1.82) is 0 Å². The molecule has 13 heavy (non-hydrogen) atoms. The van der Waals surface area contributed by atoms with Crippen molar-refractivity contribution < 1.29 is 8.42 Å². The molecule has 0 fully saturated rings. The van der Waals surface area contributed by atoms with Crippen LogP contribution in [0.1, 0.15) is 34.1 Å². The Bertz CT molecular complexity index is 224. The van der Waals surface area contributed by atoms with Gasteiger partial charge in [0, 0.05) is 11.8 Å². The number of hydrogen-bond donors (Lipinski definition) is 1. The van der Waals surface area contributed by atoms with Gasteiger partial charge in [-0.15, -0.1) is 0 Å². The van der Waals surface area contributed by atoms with Gasteiger partial charge in [0.05, 0.1) is 5.25 Å². The van der Waals surface area contributed by atoms with Crippen LogP contribution < -0.4 is 5.32 Å². The number of hydrogen-bond acceptors (Lipinski definition) is 3. The standard InChI is InChI=1S/C9H21NO2S/c1-5-7-10-8(3)9(4)13(11,12)6-2/h8-10H,5-7H2,1-4H3. The van der Waals surface area contributed by atoms with E-state index in [1.54, 1.807) is 13.8 Å². The third kappa shape index (κ3) is 4.09. The molecule has 0 aromatic heterocycles. The third-order valence-electron chi connectivity index (χ3n) is 2.39. The van der Waals surface area contributed by atoms with Crippen molar-refractivity contribution in [2.24, 2.45) is 0 Å². The fourth-order valence-corrected chi connectivity index (χ4v) is 2.36. The molecule has 3 nitrogen and oxygen atoms in total. The highest BCUT2D eigenvalue weighted by molar-refractivity contribution is 7.92. The van der Waals surface area contributed by atoms with E-state index in [1.807, 2.05) is 6.92 Å². The lowest BCUT2D eigenvalue weighted by atomic mass is 10.2. The van der Waals surface area contributed by atoms with Gasteiger partial charge in [-0.3, -0.25) is 0 Å². The van der Waals surface area contributed by atoms with Gasteiger partial charge in [0.15, 0.2) is 9.84 Å². The van der Waals surface area contributed by atoms with Gasteiger partial charge in [-0.2, -0.15) is 0 Å². The molecule has 0 aliphatic heterocycles. The maximum atomic E-state index is 11.5. The topological polar surface area (TPSA) is 46.2 Å². The predicted octanol–water partition coefficient (Wildman–Crippen LogP) is 1.20. The first-order valence-corrected chi connectivity index (χ1v) is 6.62. The van der Waals surface area contributed by atoms with E-state index >= 15 is 0 Å². The molecule has 0 rings (SSSR count). The fourth-order valence-electron chi connectivity index (χ4n) is 1.11. The number of nitrogens with one attached hydrogen (secondary N) is 1. The normalized spacial score (nSPS) is 16.9. The molecule has 0 aromatic rings. The summed E-state index contributed by atoms with van der Waals surface area (Å²) in [6.07, 6.45) is 1.03. The van der Waals surface area contributed by atoms with Crippen LogP contribution in [0, 0.1) is 0 Å². The molecule has 0 aromatic carbocycles. The highest BCUT2D eigenvalue weighted by atomic mass is 32.2. The molecule has 2 atom stereocenters. The smallest absolute Gasteiger partial charge is 0.154 e. The van der Waals surface area contributed by atoms with Crippen molar-refractivity contribution in [2.45, 2.75) is 45.4 Å². The van der Waals surface area contributed by atoms with Crippen molar-refractivity contribution >= 4 is 9.84 Å². The SMILES string of the molecule is CCCNC(C)C(C)S(=O)(=O)CC. The van der Waals surface area contributed by atoms with Gasteiger partial charge in [-0.1, -0.05) is 13.8 Å². The first kappa shape index (κ1) is 12.9. The Morgan fingerprint density at radius 2 is 1.77 bits per heavy atom. The van der Waals surface area contributed by atoms with Crippen molar-refractivity contribution in [2.75, 3.05) is 12.3 Å². The lowest BCUT2D eigenvalue weighted by Gasteiger charge is -2.20. The molecule has 0 saturated heterocycles. The molecule has 1 N–H and O–H groups in total. The van der Waals surface area contributed by atoms with Gasteiger partial charge in [0.1, 0.15) is 0 Å². The zero-order chi connectivity index (χ0) is 10.5. The second-order valence-electron chi connectivity index (χ2n) is 3.40. The summed E-state index contributed by atoms with van der Waals surface area (Å²) < 4.78 is 22.9. The molecule has 0 radical (unpaired) electrons. The van der Waals surface area contributed by atoms with E-state index in [4.69, 9.17) is 0 Å². The Morgan fingerprint density at radius 3 is 2.15 bits per heavy atom. The van der Waals surface area contributed by atoms with Gasteiger partial charge in [0.25, 0.3) is 0 Å². The van der Waals surface area contributed by atoms with Gasteiger partial charge in [0.2, 0.25) is 0 Å². The van der Waals surface area contributed by atoms with Gasteiger partial charge >= 0.3 is 0 Å². The summed E-state index contributed by atoms with van der Waals surface area (Å²) in [5, 5.41) is 2.91. The quantitative estimate of drug-likeness (QED) is 0.712. The minimum Gasteiger partial charge on any atom is -0.313 e. The summed E-state index contributed by atoms with van der Waals surface area (Å²) in [5.74, 6) is 0.228. The van der Waals surface area contributed by atoms with Crippen LogP contribution in [0.4, 0.5) is 0 Å². The Labute approximate surface area is 81.8 Å². The Hall–Kier alpha value is -0.0900. The average molecular weight is 207 g/mol. The zero-order valence-corrected chi connectivity index (χ0v) is 9.82. The van der Waals surface area contributed by atoms with Crippen LogP contribution in [0.15, 0.2) is 0 Å². The fraction of sp³-hybridized carbons (Fsp3) is 1.00. The van der Waals surface area contributed by atoms with Crippen LogP contribution in [-0.4, -0.2) is 32.0 Å². The number of sulfone groups is 1. The maximum absolute atomic E-state index is 11.5. The summed E-state index contributed by atoms with van der Waals surface area (Å²) in [6, 6.07) is 0.0462. The maximum Gasteiger partial charge on any atom is 0.154 e. The highest BCUT2D eigenvalue weighted by Gasteiger charge is 2.23. The molecular formula is C9H21NO2S. The highest BCUT2D eigenvalue weighted by Crippen LogP contribution is 2.06. The molecule has 2 unspecified atom stereocenters. The first-order chi connectivity index (χ1) is 5.95. The van der Waals surface area contributed by atoms with Gasteiger partial charge in [-0.25, -0.2) is 8.42 Å². The van der Waals surface area contributed by atoms with E-state index < -0.39 is 9.84 Å². The minimum absolute atomic E-state index is 0.0462. The van der Waals surface area contributed by atoms with Crippen molar-refractivity contribution in [3.8, 4) is 0 Å². The summed E-state index contributed by atoms with van der Waals surface area (Å²) in [6.45, 7) is 8.33. The average Bonchev–Trinajstić information content (AvgIpc) is 2.12. The van der Waals surface area contributed by atoms with Crippen LogP contribution in [0.25, 0.3) is 0 Å².